The number of aryl methyl sites for hydroxylation is 2. The van der Waals surface area contributed by atoms with Gasteiger partial charge in [-0.1, -0.05) is 36.8 Å². The van der Waals surface area contributed by atoms with Crippen molar-refractivity contribution in [1.82, 2.24) is 20.2 Å². The number of nitrogens with zero attached hydrogens (tertiary/aromatic N) is 1. The maximum atomic E-state index is 13.2. The number of halogens is 2. The van der Waals surface area contributed by atoms with Gasteiger partial charge in [0.2, 0.25) is 5.91 Å². The number of aromatic amines is 1. The molecule has 0 spiro atoms. The molecule has 3 amide bonds. The SMILES string of the molecule is Cl.Cl.NCCCCC(N)C(=O)NCc1ccc2c(c1)[nH]c1c2c2c(c3c4cccc5c4n(c13)CCC5)C(=O)NC2=O. The number of nitrogens with two attached hydrogens (primary N) is 2. The van der Waals surface area contributed by atoms with Crippen molar-refractivity contribution < 1.29 is 14.4 Å². The standard InChI is InChI=1S/C30H30N6O3.2ClH/c31-11-2-1-8-19(32)28(37)33-14-15-9-10-17-20(13-15)34-25-21(17)23-24(30(39)35-29(23)38)22-18-7-3-5-16-6-4-12-36(26(16)18)27(22)25;;/h3,5,7,9-10,13,19,34H,1-2,4,6,8,11-12,14,31-32H2,(H,33,37)(H,35,38,39);2*1H. The van der Waals surface area contributed by atoms with Gasteiger partial charge in [-0.2, -0.15) is 0 Å². The highest BCUT2D eigenvalue weighted by molar-refractivity contribution is 6.39. The highest BCUT2D eigenvalue weighted by Crippen LogP contribution is 2.45. The molecule has 0 aliphatic carbocycles. The molecule has 7 rings (SSSR count). The molecule has 0 fully saturated rings. The van der Waals surface area contributed by atoms with Crippen molar-refractivity contribution in [3.8, 4) is 0 Å². The number of amides is 3. The molecule has 7 N–H and O–H groups in total. The Kier molecular flexibility index (Phi) is 7.74. The van der Waals surface area contributed by atoms with Gasteiger partial charge < -0.3 is 26.3 Å². The molecule has 2 aliphatic heterocycles. The van der Waals surface area contributed by atoms with E-state index in [1.54, 1.807) is 0 Å². The molecule has 214 valence electrons. The Hall–Kier alpha value is -3.63. The first-order chi connectivity index (χ1) is 19.0. The fourth-order valence-electron chi connectivity index (χ4n) is 6.54. The van der Waals surface area contributed by atoms with Gasteiger partial charge in [-0.05, 0) is 49.4 Å². The van der Waals surface area contributed by atoms with Crippen LogP contribution in [0, 0.1) is 0 Å². The van der Waals surface area contributed by atoms with Crippen molar-refractivity contribution >= 4 is 86.1 Å². The Morgan fingerprint density at radius 1 is 1.00 bits per heavy atom. The maximum Gasteiger partial charge on any atom is 0.259 e. The minimum atomic E-state index is -0.564. The van der Waals surface area contributed by atoms with Gasteiger partial charge >= 0.3 is 0 Å². The van der Waals surface area contributed by atoms with Gasteiger partial charge in [0.25, 0.3) is 11.8 Å². The summed E-state index contributed by atoms with van der Waals surface area (Å²) in [5, 5.41) is 8.96. The number of aromatic nitrogens is 2. The Morgan fingerprint density at radius 3 is 2.56 bits per heavy atom. The molecule has 11 heteroatoms. The molecule has 2 aliphatic rings. The van der Waals surface area contributed by atoms with Crippen LogP contribution in [-0.2, 0) is 24.3 Å². The number of benzene rings is 3. The van der Waals surface area contributed by atoms with E-state index in [9.17, 15) is 14.4 Å². The lowest BCUT2D eigenvalue weighted by Gasteiger charge is -2.16. The molecule has 0 saturated heterocycles. The highest BCUT2D eigenvalue weighted by Gasteiger charge is 2.36. The number of rotatable bonds is 7. The Morgan fingerprint density at radius 2 is 1.78 bits per heavy atom. The topological polar surface area (TPSA) is 148 Å². The average molecular weight is 596 g/mol. The summed E-state index contributed by atoms with van der Waals surface area (Å²) in [5.41, 5.74) is 18.5. The lowest BCUT2D eigenvalue weighted by atomic mass is 9.96. The molecule has 0 radical (unpaired) electrons. The van der Waals surface area contributed by atoms with Gasteiger partial charge in [-0.25, -0.2) is 0 Å². The first kappa shape index (κ1) is 28.9. The van der Waals surface area contributed by atoms with Crippen molar-refractivity contribution in [3.63, 3.8) is 0 Å². The van der Waals surface area contributed by atoms with Crippen molar-refractivity contribution in [1.29, 1.82) is 0 Å². The van der Waals surface area contributed by atoms with Gasteiger partial charge in [-0.15, -0.1) is 24.8 Å². The smallest absolute Gasteiger partial charge is 0.259 e. The number of carbonyl (C=O) groups is 3. The molecule has 9 nitrogen and oxygen atoms in total. The molecule has 3 aromatic carbocycles. The Bertz CT molecular complexity index is 1880. The van der Waals surface area contributed by atoms with Crippen molar-refractivity contribution in [2.24, 2.45) is 11.5 Å². The molecule has 0 saturated carbocycles. The van der Waals surface area contributed by atoms with Crippen LogP contribution in [-0.4, -0.2) is 39.9 Å². The number of imide groups is 1. The quantitative estimate of drug-likeness (QED) is 0.142. The first-order valence-electron chi connectivity index (χ1n) is 13.6. The predicted molar refractivity (Wildman–Crippen MR) is 166 cm³/mol. The van der Waals surface area contributed by atoms with Crippen LogP contribution >= 0.6 is 24.8 Å². The number of para-hydroxylation sites is 1. The van der Waals surface area contributed by atoms with Gasteiger partial charge in [0.1, 0.15) is 0 Å². The van der Waals surface area contributed by atoms with Crippen LogP contribution in [0.5, 0.6) is 0 Å². The van der Waals surface area contributed by atoms with E-state index in [0.29, 0.717) is 30.6 Å². The zero-order chi connectivity index (χ0) is 26.8. The summed E-state index contributed by atoms with van der Waals surface area (Å²) >= 11 is 0. The zero-order valence-corrected chi connectivity index (χ0v) is 24.0. The number of carbonyl (C=O) groups excluding carboxylic acids is 3. The van der Waals surface area contributed by atoms with Crippen LogP contribution in [0.4, 0.5) is 0 Å². The van der Waals surface area contributed by atoms with Gasteiger partial charge in [0.05, 0.1) is 33.7 Å². The third-order valence-corrected chi connectivity index (χ3v) is 8.30. The number of unbranched alkanes of at least 4 members (excludes halogenated alkanes) is 1. The molecular formula is C30H32Cl2N6O3. The van der Waals surface area contributed by atoms with E-state index in [-0.39, 0.29) is 42.5 Å². The lowest BCUT2D eigenvalue weighted by molar-refractivity contribution is -0.122. The van der Waals surface area contributed by atoms with Crippen LogP contribution in [0.25, 0.3) is 43.6 Å². The summed E-state index contributed by atoms with van der Waals surface area (Å²) < 4.78 is 2.31. The van der Waals surface area contributed by atoms with Gasteiger partial charge in [0.15, 0.2) is 0 Å². The van der Waals surface area contributed by atoms with Crippen molar-refractivity contribution in [2.75, 3.05) is 6.54 Å². The third kappa shape index (κ3) is 4.35. The third-order valence-electron chi connectivity index (χ3n) is 8.30. The lowest BCUT2D eigenvalue weighted by Crippen LogP contribution is -2.40. The number of fused-ring (bicyclic) bond motifs is 10. The van der Waals surface area contributed by atoms with Crippen LogP contribution in [0.15, 0.2) is 36.4 Å². The summed E-state index contributed by atoms with van der Waals surface area (Å²) in [6, 6.07) is 11.6. The maximum absolute atomic E-state index is 13.2. The normalized spacial score (nSPS) is 14.7. The molecule has 1 unspecified atom stereocenters. The van der Waals surface area contributed by atoms with E-state index in [4.69, 9.17) is 11.5 Å². The van der Waals surface area contributed by atoms with Crippen molar-refractivity contribution in [3.05, 3.63) is 58.7 Å². The monoisotopic (exact) mass is 594 g/mol. The van der Waals surface area contributed by atoms with Crippen LogP contribution in [0.3, 0.4) is 0 Å². The van der Waals surface area contributed by atoms with E-state index >= 15 is 0 Å². The average Bonchev–Trinajstić information content (AvgIpc) is 3.57. The minimum Gasteiger partial charge on any atom is -0.353 e. The molecule has 5 aromatic rings. The fraction of sp³-hybridized carbons (Fsp3) is 0.300. The van der Waals surface area contributed by atoms with Crippen LogP contribution < -0.4 is 22.1 Å². The minimum absolute atomic E-state index is 0. The van der Waals surface area contributed by atoms with E-state index in [1.807, 2.05) is 24.3 Å². The summed E-state index contributed by atoms with van der Waals surface area (Å²) in [4.78, 5) is 42.4. The van der Waals surface area contributed by atoms with Crippen LogP contribution in [0.2, 0.25) is 0 Å². The van der Waals surface area contributed by atoms with E-state index in [1.165, 1.54) is 5.56 Å². The molecular weight excluding hydrogens is 563 g/mol. The second-order valence-corrected chi connectivity index (χ2v) is 10.7. The van der Waals surface area contributed by atoms with Gasteiger partial charge in [-0.3, -0.25) is 19.7 Å². The molecule has 0 bridgehead atoms. The fourth-order valence-corrected chi connectivity index (χ4v) is 6.54. The predicted octanol–water partition coefficient (Wildman–Crippen LogP) is 4.17. The number of nitrogens with one attached hydrogen (secondary N) is 3. The molecule has 2 aromatic heterocycles. The summed E-state index contributed by atoms with van der Waals surface area (Å²) in [6.07, 6.45) is 4.26. The number of hydrogen-bond donors (Lipinski definition) is 5. The van der Waals surface area contributed by atoms with Crippen molar-refractivity contribution in [2.45, 2.75) is 51.2 Å². The van der Waals surface area contributed by atoms with E-state index in [2.05, 4.69) is 32.3 Å². The van der Waals surface area contributed by atoms with E-state index in [0.717, 1.165) is 81.4 Å². The Labute approximate surface area is 248 Å². The second kappa shape index (κ2) is 11.0. The molecule has 1 atom stereocenters. The summed E-state index contributed by atoms with van der Waals surface area (Å²) in [6.45, 7) is 1.77. The number of H-pyrrole nitrogens is 1. The van der Waals surface area contributed by atoms with Gasteiger partial charge in [0, 0.05) is 40.2 Å². The second-order valence-electron chi connectivity index (χ2n) is 10.7. The Balaban J connectivity index is 0.00000169. The highest BCUT2D eigenvalue weighted by atomic mass is 35.5. The zero-order valence-electron chi connectivity index (χ0n) is 22.3. The summed E-state index contributed by atoms with van der Waals surface area (Å²) in [5.74, 6) is -0.898. The molecule has 4 heterocycles. The molecule has 41 heavy (non-hydrogen) atoms. The number of hydrogen-bond acceptors (Lipinski definition) is 5. The summed E-state index contributed by atoms with van der Waals surface area (Å²) in [7, 11) is 0. The van der Waals surface area contributed by atoms with Crippen LogP contribution in [0.1, 0.15) is 57.5 Å². The largest absolute Gasteiger partial charge is 0.353 e. The first-order valence-corrected chi connectivity index (χ1v) is 13.6. The van der Waals surface area contributed by atoms with E-state index < -0.39 is 6.04 Å².